The molecule has 0 fully saturated rings. The maximum atomic E-state index is 11.1. The molecule has 1 aromatic rings. The van der Waals surface area contributed by atoms with E-state index < -0.39 is 20.6 Å². The predicted octanol–water partition coefficient (Wildman–Crippen LogP) is 2.59. The van der Waals surface area contributed by atoms with Crippen molar-refractivity contribution in [1.82, 2.24) is 4.98 Å². The van der Waals surface area contributed by atoms with E-state index in [1.165, 1.54) is 17.7 Å². The summed E-state index contributed by atoms with van der Waals surface area (Å²) in [5.74, 6) is 0. The van der Waals surface area contributed by atoms with E-state index in [9.17, 15) is 9.59 Å². The molecule has 1 aliphatic heterocycles. The first kappa shape index (κ1) is 9.72. The first-order chi connectivity index (χ1) is 7.09. The van der Waals surface area contributed by atoms with Crippen LogP contribution < -0.4 is 0 Å². The van der Waals surface area contributed by atoms with Gasteiger partial charge >= 0.3 is 10.6 Å². The fourth-order valence-corrected chi connectivity index (χ4v) is 3.32. The van der Waals surface area contributed by atoms with Gasteiger partial charge in [0.1, 0.15) is 5.03 Å². The van der Waals surface area contributed by atoms with E-state index in [2.05, 4.69) is 4.98 Å². The Labute approximate surface area is 86.4 Å². The summed E-state index contributed by atoms with van der Waals surface area (Å²) in [7, 11) is -3.01. The molecule has 0 unspecified atom stereocenters. The number of carboxylic acid groups (broad SMARTS) is 2. The molecule has 5 nitrogen and oxygen atoms in total. The number of carbonyl (C=O) groups is 2. The average Bonchev–Trinajstić information content (AvgIpc) is 2.57. The van der Waals surface area contributed by atoms with E-state index in [1.807, 2.05) is 0 Å². The molecule has 0 radical (unpaired) electrons. The standard InChI is InChI=1S/C9H7NO4S/c11-8(12)15(9(13)14)5-3-6-2-1-4-10-7(6)15/h1-5H,(H,11,12)(H,13,14). The lowest BCUT2D eigenvalue weighted by Crippen LogP contribution is -2.16. The van der Waals surface area contributed by atoms with Crippen molar-refractivity contribution in [2.24, 2.45) is 0 Å². The molecular formula is C9H7NO4S. The van der Waals surface area contributed by atoms with Crippen molar-refractivity contribution in [2.75, 3.05) is 0 Å². The summed E-state index contributed by atoms with van der Waals surface area (Å²) < 4.78 is 0. The molecule has 0 aromatic carbocycles. The highest BCUT2D eigenvalue weighted by molar-refractivity contribution is 8.57. The van der Waals surface area contributed by atoms with Crippen molar-refractivity contribution >= 4 is 26.7 Å². The first-order valence-electron chi connectivity index (χ1n) is 4.01. The molecule has 2 rings (SSSR count). The van der Waals surface area contributed by atoms with Gasteiger partial charge in [0.05, 0.1) is 0 Å². The number of fused-ring (bicyclic) bond motifs is 1. The topological polar surface area (TPSA) is 87.5 Å². The van der Waals surface area contributed by atoms with Crippen molar-refractivity contribution in [2.45, 2.75) is 5.03 Å². The molecule has 1 aromatic heterocycles. The molecule has 0 saturated heterocycles. The lowest BCUT2D eigenvalue weighted by molar-refractivity contribution is 0.215. The van der Waals surface area contributed by atoms with Crippen LogP contribution >= 0.6 is 10.0 Å². The molecule has 1 aliphatic rings. The highest BCUT2D eigenvalue weighted by Gasteiger charge is 2.45. The Hall–Kier alpha value is -1.82. The van der Waals surface area contributed by atoms with Gasteiger partial charge < -0.3 is 10.2 Å². The maximum absolute atomic E-state index is 11.1. The first-order valence-corrected chi connectivity index (χ1v) is 5.71. The highest BCUT2D eigenvalue weighted by atomic mass is 32.3. The molecule has 0 saturated carbocycles. The SMILES string of the molecule is O=C(O)S1(C(=O)O)C=Cc2cccnc21. The van der Waals surface area contributed by atoms with Gasteiger partial charge in [-0.3, -0.25) is 0 Å². The van der Waals surface area contributed by atoms with E-state index in [0.29, 0.717) is 5.56 Å². The minimum Gasteiger partial charge on any atom is -0.473 e. The molecular weight excluding hydrogens is 218 g/mol. The summed E-state index contributed by atoms with van der Waals surface area (Å²) in [6.45, 7) is 0. The fourth-order valence-electron chi connectivity index (χ4n) is 1.40. The minimum absolute atomic E-state index is 0.144. The monoisotopic (exact) mass is 225 g/mol. The van der Waals surface area contributed by atoms with Crippen molar-refractivity contribution in [3.05, 3.63) is 29.3 Å². The van der Waals surface area contributed by atoms with Crippen LogP contribution in [0, 0.1) is 0 Å². The Kier molecular flexibility index (Phi) is 2.01. The van der Waals surface area contributed by atoms with Crippen LogP contribution in [0.1, 0.15) is 5.56 Å². The summed E-state index contributed by atoms with van der Waals surface area (Å²) >= 11 is 0. The van der Waals surface area contributed by atoms with Gasteiger partial charge in [0, 0.05) is 21.8 Å². The third kappa shape index (κ3) is 1.15. The van der Waals surface area contributed by atoms with Gasteiger partial charge in [-0.25, -0.2) is 14.6 Å². The van der Waals surface area contributed by atoms with E-state index in [1.54, 1.807) is 12.1 Å². The summed E-state index contributed by atoms with van der Waals surface area (Å²) in [6, 6.07) is 3.29. The molecule has 2 N–H and O–H groups in total. The van der Waals surface area contributed by atoms with Gasteiger partial charge in [-0.15, -0.1) is 0 Å². The Morgan fingerprint density at radius 2 is 1.93 bits per heavy atom. The second kappa shape index (κ2) is 3.09. The zero-order valence-corrected chi connectivity index (χ0v) is 8.27. The van der Waals surface area contributed by atoms with E-state index in [4.69, 9.17) is 10.2 Å². The van der Waals surface area contributed by atoms with Crippen molar-refractivity contribution in [3.8, 4) is 0 Å². The number of hydrogen-bond acceptors (Lipinski definition) is 3. The van der Waals surface area contributed by atoms with Crippen LogP contribution in [0.4, 0.5) is 9.59 Å². The molecule has 0 bridgehead atoms. The second-order valence-electron chi connectivity index (χ2n) is 2.89. The lowest BCUT2D eigenvalue weighted by atomic mass is 10.3. The maximum Gasteiger partial charge on any atom is 0.366 e. The van der Waals surface area contributed by atoms with Gasteiger partial charge in [-0.2, -0.15) is 0 Å². The van der Waals surface area contributed by atoms with Crippen molar-refractivity contribution in [3.63, 3.8) is 0 Å². The van der Waals surface area contributed by atoms with E-state index in [0.717, 1.165) is 0 Å². The normalized spacial score (nSPS) is 18.1. The van der Waals surface area contributed by atoms with E-state index in [-0.39, 0.29) is 5.03 Å². The second-order valence-corrected chi connectivity index (χ2v) is 5.57. The number of rotatable bonds is 0. The molecule has 2 heterocycles. The van der Waals surface area contributed by atoms with Gasteiger partial charge in [-0.1, -0.05) is 6.07 Å². The summed E-state index contributed by atoms with van der Waals surface area (Å²) in [6.07, 6.45) is 2.90. The number of pyridine rings is 1. The smallest absolute Gasteiger partial charge is 0.366 e. The van der Waals surface area contributed by atoms with Gasteiger partial charge in [0.25, 0.3) is 0 Å². The molecule has 0 spiro atoms. The predicted molar refractivity (Wildman–Crippen MR) is 55.2 cm³/mol. The Bertz CT molecular complexity index is 469. The highest BCUT2D eigenvalue weighted by Crippen LogP contribution is 2.62. The molecule has 15 heavy (non-hydrogen) atoms. The van der Waals surface area contributed by atoms with Crippen LogP contribution in [0.15, 0.2) is 28.8 Å². The zero-order chi connectivity index (χ0) is 11.1. The Morgan fingerprint density at radius 3 is 2.53 bits per heavy atom. The third-order valence-corrected chi connectivity index (χ3v) is 4.71. The van der Waals surface area contributed by atoms with Crippen LogP contribution in [0.5, 0.6) is 0 Å². The van der Waals surface area contributed by atoms with Crippen LogP contribution in [-0.4, -0.2) is 25.8 Å². The van der Waals surface area contributed by atoms with Crippen LogP contribution in [0.3, 0.4) is 0 Å². The zero-order valence-electron chi connectivity index (χ0n) is 7.45. The van der Waals surface area contributed by atoms with Crippen LogP contribution in [0.2, 0.25) is 0 Å². The van der Waals surface area contributed by atoms with Crippen molar-refractivity contribution < 1.29 is 19.8 Å². The summed E-state index contributed by atoms with van der Waals surface area (Å²) in [5.41, 5.74) is 0.567. The molecule has 0 amide bonds. The number of hydrogen-bond donors (Lipinski definition) is 2. The van der Waals surface area contributed by atoms with E-state index >= 15 is 0 Å². The van der Waals surface area contributed by atoms with Gasteiger partial charge in [0.2, 0.25) is 0 Å². The quantitative estimate of drug-likeness (QED) is 0.708. The Balaban J connectivity index is 2.70. The molecule has 78 valence electrons. The Morgan fingerprint density at radius 1 is 1.27 bits per heavy atom. The van der Waals surface area contributed by atoms with Gasteiger partial charge in [0.15, 0.2) is 0 Å². The summed E-state index contributed by atoms with van der Waals surface area (Å²) in [4.78, 5) is 26.1. The molecule has 0 atom stereocenters. The number of nitrogens with zero attached hydrogens (tertiary/aromatic N) is 1. The van der Waals surface area contributed by atoms with Crippen molar-refractivity contribution in [1.29, 1.82) is 0 Å². The molecule has 0 aliphatic carbocycles. The van der Waals surface area contributed by atoms with Crippen LogP contribution in [-0.2, 0) is 0 Å². The number of aromatic nitrogens is 1. The summed E-state index contributed by atoms with van der Waals surface area (Å²) in [5, 5.41) is 16.8. The third-order valence-electron chi connectivity index (χ3n) is 2.11. The lowest BCUT2D eigenvalue weighted by Gasteiger charge is -2.22. The van der Waals surface area contributed by atoms with Gasteiger partial charge in [-0.05, 0) is 17.6 Å². The molecule has 6 heteroatoms. The largest absolute Gasteiger partial charge is 0.473 e. The van der Waals surface area contributed by atoms with Crippen LogP contribution in [0.25, 0.3) is 6.08 Å². The minimum atomic E-state index is -3.01. The fraction of sp³-hybridized carbons (Fsp3) is 0. The average molecular weight is 225 g/mol.